The van der Waals surface area contributed by atoms with Crippen molar-refractivity contribution in [2.24, 2.45) is 11.8 Å². The summed E-state index contributed by atoms with van der Waals surface area (Å²) in [5.74, 6) is -0.376. The highest BCUT2D eigenvalue weighted by molar-refractivity contribution is 9.11. The fraction of sp³-hybridized carbons (Fsp3) is 0.538. The lowest BCUT2D eigenvalue weighted by atomic mass is 9.97. The molecular formula is C13H17BrN4O2S. The lowest BCUT2D eigenvalue weighted by Gasteiger charge is -2.14. The fourth-order valence-corrected chi connectivity index (χ4v) is 3.63. The van der Waals surface area contributed by atoms with Crippen LogP contribution in [0.15, 0.2) is 9.85 Å². The number of halogens is 1. The molecule has 1 unspecified atom stereocenters. The van der Waals surface area contributed by atoms with E-state index in [4.69, 9.17) is 0 Å². The van der Waals surface area contributed by atoms with Gasteiger partial charge in [-0.05, 0) is 57.2 Å². The smallest absolute Gasteiger partial charge is 0.308 e. The van der Waals surface area contributed by atoms with Gasteiger partial charge in [-0.2, -0.15) is 0 Å². The Balaban J connectivity index is 2.25. The van der Waals surface area contributed by atoms with E-state index in [1.54, 1.807) is 16.0 Å². The maximum atomic E-state index is 11.4. The van der Waals surface area contributed by atoms with Crippen LogP contribution in [0, 0.1) is 18.8 Å². The molecule has 114 valence electrons. The molecule has 0 spiro atoms. The van der Waals surface area contributed by atoms with Gasteiger partial charge in [0.25, 0.3) is 0 Å². The summed E-state index contributed by atoms with van der Waals surface area (Å²) < 4.78 is 2.61. The largest absolute Gasteiger partial charge is 0.481 e. The summed E-state index contributed by atoms with van der Waals surface area (Å²) in [4.78, 5) is 12.3. The third-order valence-corrected chi connectivity index (χ3v) is 5.24. The molecule has 1 N–H and O–H groups in total. The van der Waals surface area contributed by atoms with Gasteiger partial charge in [0, 0.05) is 0 Å². The normalized spacial score (nSPS) is 12.8. The van der Waals surface area contributed by atoms with Crippen molar-refractivity contribution in [1.82, 2.24) is 20.2 Å². The van der Waals surface area contributed by atoms with Crippen LogP contribution < -0.4 is 0 Å². The summed E-state index contributed by atoms with van der Waals surface area (Å²) >= 11 is 5.02. The summed E-state index contributed by atoms with van der Waals surface area (Å²) in [5.41, 5.74) is 1.11. The molecule has 0 aliphatic carbocycles. The Labute approximate surface area is 135 Å². The number of tetrazole rings is 1. The zero-order valence-corrected chi connectivity index (χ0v) is 14.5. The van der Waals surface area contributed by atoms with E-state index in [2.05, 4.69) is 31.5 Å². The number of carbonyl (C=O) groups is 1. The predicted molar refractivity (Wildman–Crippen MR) is 84.1 cm³/mol. The molecule has 8 heteroatoms. The Morgan fingerprint density at radius 2 is 2.24 bits per heavy atom. The number of aliphatic carboxylic acids is 1. The molecule has 21 heavy (non-hydrogen) atoms. The van der Waals surface area contributed by atoms with Gasteiger partial charge in [0.15, 0.2) is 5.82 Å². The van der Waals surface area contributed by atoms with E-state index in [1.807, 2.05) is 26.8 Å². The quantitative estimate of drug-likeness (QED) is 0.841. The molecule has 2 aromatic rings. The average molecular weight is 373 g/mol. The van der Waals surface area contributed by atoms with Crippen LogP contribution in [0.4, 0.5) is 0 Å². The zero-order chi connectivity index (χ0) is 15.6. The maximum absolute atomic E-state index is 11.4. The molecule has 0 aliphatic rings. The minimum atomic E-state index is -0.811. The molecule has 0 saturated carbocycles. The van der Waals surface area contributed by atoms with Crippen LogP contribution in [0.2, 0.25) is 0 Å². The third-order valence-electron chi connectivity index (χ3n) is 3.11. The van der Waals surface area contributed by atoms with Gasteiger partial charge in [0.2, 0.25) is 0 Å². The van der Waals surface area contributed by atoms with E-state index in [0.29, 0.717) is 18.2 Å². The Kier molecular flexibility index (Phi) is 5.10. The van der Waals surface area contributed by atoms with Crippen LogP contribution >= 0.6 is 27.3 Å². The van der Waals surface area contributed by atoms with Crippen LogP contribution in [0.3, 0.4) is 0 Å². The van der Waals surface area contributed by atoms with Gasteiger partial charge in [0.05, 0.1) is 21.1 Å². The van der Waals surface area contributed by atoms with Crippen molar-refractivity contribution in [2.75, 3.05) is 0 Å². The predicted octanol–water partition coefficient (Wildman–Crippen LogP) is 3.22. The van der Waals surface area contributed by atoms with Gasteiger partial charge in [-0.1, -0.05) is 13.8 Å². The molecular weight excluding hydrogens is 356 g/mol. The zero-order valence-electron chi connectivity index (χ0n) is 12.1. The first-order chi connectivity index (χ1) is 9.88. The van der Waals surface area contributed by atoms with Crippen molar-refractivity contribution in [1.29, 1.82) is 0 Å². The van der Waals surface area contributed by atoms with Gasteiger partial charge in [0.1, 0.15) is 0 Å². The highest BCUT2D eigenvalue weighted by atomic mass is 79.9. The second-order valence-electron chi connectivity index (χ2n) is 5.42. The number of nitrogens with zero attached hydrogens (tertiary/aromatic N) is 4. The molecule has 2 rings (SSSR count). The Hall–Kier alpha value is -1.28. The first kappa shape index (κ1) is 16.1. The molecule has 6 nitrogen and oxygen atoms in total. The third kappa shape index (κ3) is 3.88. The second-order valence-corrected chi connectivity index (χ2v) is 7.79. The topological polar surface area (TPSA) is 80.9 Å². The Morgan fingerprint density at radius 1 is 1.52 bits per heavy atom. The Bertz CT molecular complexity index is 618. The van der Waals surface area contributed by atoms with Gasteiger partial charge < -0.3 is 5.11 Å². The second kappa shape index (κ2) is 6.65. The highest BCUT2D eigenvalue weighted by Gasteiger charge is 2.23. The monoisotopic (exact) mass is 372 g/mol. The Morgan fingerprint density at radius 3 is 2.76 bits per heavy atom. The molecule has 1 atom stereocenters. The van der Waals surface area contributed by atoms with Crippen molar-refractivity contribution in [3.8, 4) is 10.7 Å². The van der Waals surface area contributed by atoms with E-state index >= 15 is 0 Å². The highest BCUT2D eigenvalue weighted by Crippen LogP contribution is 2.33. The van der Waals surface area contributed by atoms with E-state index in [0.717, 1.165) is 14.2 Å². The summed E-state index contributed by atoms with van der Waals surface area (Å²) in [5, 5.41) is 21.0. The first-order valence-corrected chi connectivity index (χ1v) is 8.24. The summed E-state index contributed by atoms with van der Waals surface area (Å²) in [6.07, 6.45) is 0.599. The molecule has 0 radical (unpaired) electrons. The molecule has 0 aliphatic heterocycles. The summed E-state index contributed by atoms with van der Waals surface area (Å²) in [7, 11) is 0. The molecule has 0 saturated heterocycles. The molecule has 0 fully saturated rings. The molecule has 0 bridgehead atoms. The number of carboxylic acids is 1. The number of hydrogen-bond acceptors (Lipinski definition) is 5. The van der Waals surface area contributed by atoms with Crippen molar-refractivity contribution < 1.29 is 9.90 Å². The molecule has 0 aromatic carbocycles. The average Bonchev–Trinajstić information content (AvgIpc) is 2.96. The molecule has 2 heterocycles. The number of hydrogen-bond donors (Lipinski definition) is 1. The van der Waals surface area contributed by atoms with Crippen molar-refractivity contribution in [2.45, 2.75) is 33.7 Å². The van der Waals surface area contributed by atoms with Crippen LogP contribution in [0.1, 0.15) is 25.8 Å². The number of thiophene rings is 1. The number of aryl methyl sites for hydroxylation is 1. The van der Waals surface area contributed by atoms with Gasteiger partial charge in [-0.25, -0.2) is 4.68 Å². The van der Waals surface area contributed by atoms with E-state index in [9.17, 15) is 9.90 Å². The van der Waals surface area contributed by atoms with E-state index < -0.39 is 11.9 Å². The minimum Gasteiger partial charge on any atom is -0.481 e. The molecule has 0 amide bonds. The number of carboxylic acid groups (broad SMARTS) is 1. The number of aromatic nitrogens is 4. The van der Waals surface area contributed by atoms with Gasteiger partial charge in [-0.15, -0.1) is 16.4 Å². The van der Waals surface area contributed by atoms with Gasteiger partial charge in [-0.3, -0.25) is 4.79 Å². The summed E-state index contributed by atoms with van der Waals surface area (Å²) in [6, 6.07) is 2.00. The lowest BCUT2D eigenvalue weighted by Crippen LogP contribution is -2.23. The van der Waals surface area contributed by atoms with E-state index in [1.165, 1.54) is 0 Å². The fourth-order valence-electron chi connectivity index (χ4n) is 2.11. The maximum Gasteiger partial charge on any atom is 0.308 e. The minimum absolute atomic E-state index is 0.282. The van der Waals surface area contributed by atoms with Crippen LogP contribution in [-0.2, 0) is 11.3 Å². The van der Waals surface area contributed by atoms with Crippen LogP contribution in [0.5, 0.6) is 0 Å². The SMILES string of the molecule is Cc1cc(-c2nnnn2CC(CC(C)C)C(=O)O)sc1Br. The lowest BCUT2D eigenvalue weighted by molar-refractivity contribution is -0.142. The summed E-state index contributed by atoms with van der Waals surface area (Å²) in [6.45, 7) is 6.30. The standard InChI is InChI=1S/C13H17BrN4O2S/c1-7(2)4-9(13(19)20)6-18-12(15-16-17-18)10-5-8(3)11(14)21-10/h5,7,9H,4,6H2,1-3H3,(H,19,20). The van der Waals surface area contributed by atoms with Crippen molar-refractivity contribution in [3.63, 3.8) is 0 Å². The number of rotatable bonds is 6. The molecule has 2 aromatic heterocycles. The van der Waals surface area contributed by atoms with Crippen molar-refractivity contribution in [3.05, 3.63) is 15.4 Å². The van der Waals surface area contributed by atoms with Crippen LogP contribution in [-0.4, -0.2) is 31.3 Å². The van der Waals surface area contributed by atoms with Crippen LogP contribution in [0.25, 0.3) is 10.7 Å². The van der Waals surface area contributed by atoms with E-state index in [-0.39, 0.29) is 6.54 Å². The van der Waals surface area contributed by atoms with Crippen molar-refractivity contribution >= 4 is 33.2 Å². The first-order valence-electron chi connectivity index (χ1n) is 6.63. The van der Waals surface area contributed by atoms with Gasteiger partial charge >= 0.3 is 5.97 Å².